The third-order valence-corrected chi connectivity index (χ3v) is 35.7. The summed E-state index contributed by atoms with van der Waals surface area (Å²) in [5.41, 5.74) is 4.83. The number of fused-ring (bicyclic) bond motifs is 2. The molecule has 5 aliphatic rings. The summed E-state index contributed by atoms with van der Waals surface area (Å²) in [6.07, 6.45) is 11.3. The minimum Gasteiger partial charge on any atom is -0.404 e. The molecule has 0 radical (unpaired) electrons. The average Bonchev–Trinajstić information content (AvgIpc) is 0.764. The predicted molar refractivity (Wildman–Crippen MR) is 400 cm³/mol. The van der Waals surface area contributed by atoms with Crippen LogP contribution in [0.1, 0.15) is 135 Å². The normalized spacial score (nSPS) is 28.0. The van der Waals surface area contributed by atoms with E-state index in [0.717, 1.165) is 71.2 Å². The monoisotopic (exact) mass is 1320 g/mol. The third kappa shape index (κ3) is 13.9. The molecule has 2 fully saturated rings. The summed E-state index contributed by atoms with van der Waals surface area (Å²) in [5, 5.41) is 4.72. The number of carbonyl (C=O) groups is 2. The minimum atomic E-state index is -3.02. The maximum absolute atomic E-state index is 16.4. The molecule has 494 valence electrons. The molecule has 10 heteroatoms. The number of nitrogens with zero attached hydrogens (tertiary/aromatic N) is 2. The molecule has 2 amide bonds. The number of rotatable bonds is 10. The lowest BCUT2D eigenvalue weighted by molar-refractivity contribution is -0.128. The van der Waals surface area contributed by atoms with E-state index in [0.29, 0.717) is 47.8 Å². The van der Waals surface area contributed by atoms with Crippen molar-refractivity contribution in [1.82, 2.24) is 0 Å². The number of thioether (sulfide) groups is 2. The van der Waals surface area contributed by atoms with E-state index < -0.39 is 16.6 Å². The smallest absolute Gasteiger partial charge is 0.261 e. The van der Waals surface area contributed by atoms with Gasteiger partial charge in [-0.3, -0.25) is 9.59 Å². The number of allylic oxidation sites excluding steroid dienone is 4. The van der Waals surface area contributed by atoms with Gasteiger partial charge in [-0.05, 0) is 185 Å². The Hall–Kier alpha value is -5.21. The highest BCUT2D eigenvalue weighted by Gasteiger charge is 2.57. The first-order chi connectivity index (χ1) is 44.4. The Morgan fingerprint density at radius 2 is 0.839 bits per heavy atom. The van der Waals surface area contributed by atoms with Gasteiger partial charge in [0.1, 0.15) is 0 Å². The summed E-state index contributed by atoms with van der Waals surface area (Å²) in [7, 11) is -1.90. The number of anilines is 2. The van der Waals surface area contributed by atoms with Crippen molar-refractivity contribution in [2.24, 2.45) is 76.9 Å². The van der Waals surface area contributed by atoms with Crippen LogP contribution in [0.3, 0.4) is 0 Å². The molecule has 6 aromatic carbocycles. The van der Waals surface area contributed by atoms with Gasteiger partial charge in [0.15, 0.2) is 0 Å². The summed E-state index contributed by atoms with van der Waals surface area (Å²) < 4.78 is 16.5. The van der Waals surface area contributed by atoms with E-state index in [1.165, 1.54) is 31.9 Å². The lowest BCUT2D eigenvalue weighted by Gasteiger charge is -2.53. The van der Waals surface area contributed by atoms with Gasteiger partial charge in [0.2, 0.25) is 11.8 Å². The third-order valence-electron chi connectivity index (χ3n) is 23.2. The Kier molecular flexibility index (Phi) is 21.5. The van der Waals surface area contributed by atoms with Crippen LogP contribution in [0.2, 0.25) is 10.1 Å². The van der Waals surface area contributed by atoms with Crippen LogP contribution in [-0.4, -0.2) is 66.3 Å². The molecule has 6 nitrogen and oxygen atoms in total. The first kappa shape index (κ1) is 69.2. The minimum absolute atomic E-state index is 0.0582. The van der Waals surface area contributed by atoms with Crippen molar-refractivity contribution in [3.8, 4) is 0 Å². The van der Waals surface area contributed by atoms with Gasteiger partial charge in [0.05, 0.1) is 11.4 Å². The fraction of sp³-hybridized carbons (Fsp3) is 0.494. The molecule has 4 aliphatic carbocycles. The summed E-state index contributed by atoms with van der Waals surface area (Å²) >= 11 is 3.86. The fourth-order valence-electron chi connectivity index (χ4n) is 18.7. The summed E-state index contributed by atoms with van der Waals surface area (Å²) in [6.45, 7) is 31.1. The van der Waals surface area contributed by atoms with E-state index >= 15 is 9.59 Å². The largest absolute Gasteiger partial charge is 0.404 e. The van der Waals surface area contributed by atoms with Gasteiger partial charge in [-0.1, -0.05) is 245 Å². The Labute approximate surface area is 571 Å². The molecule has 11 rings (SSSR count). The Morgan fingerprint density at radius 1 is 0.462 bits per heavy atom. The van der Waals surface area contributed by atoms with Gasteiger partial charge >= 0.3 is 0 Å². The molecular weight excluding hydrogens is 1210 g/mol. The van der Waals surface area contributed by atoms with E-state index in [-0.39, 0.29) is 69.6 Å². The Bertz CT molecular complexity index is 3480. The molecule has 0 N–H and O–H groups in total. The molecule has 0 saturated heterocycles. The topological polar surface area (TPSA) is 59.1 Å². The van der Waals surface area contributed by atoms with Gasteiger partial charge in [-0.2, -0.15) is 0 Å². The van der Waals surface area contributed by atoms with Crippen LogP contribution in [0.4, 0.5) is 11.4 Å². The fourth-order valence-corrected chi connectivity index (χ4v) is 30.8. The van der Waals surface area contributed by atoms with Crippen molar-refractivity contribution >= 4 is 84.1 Å². The lowest BCUT2D eigenvalue weighted by atomic mass is 9.56. The number of carbonyl (C=O) groups excluding carboxylic acids is 2. The van der Waals surface area contributed by atoms with Crippen LogP contribution in [0, 0.1) is 76.9 Å². The standard InChI is InChI=1S/C83H108N2O4S2Si2/c1-55(2)66-44-45-90-78-42-30-28-40-76(78)84(14)80(86)59(7)67-50-60(88-92(82(8,9)10,62-32-20-16-21-33-62)63-34-22-17-23-35-63)51-73-69(67)47-58(6)49-71(73)75(56(3)4)54-91-79-43-31-29-41-77(79)85(15)81(87)74-53-61(52-72-68(66)46-57(5)48-70(72)74)89-93(83(11,12)13,64-36-24-18-25-37-64)65-38-26-19-27-39-65/h16-43,47-48,55-56,59-61,66-75H,44-46,49-54H2,1-15H3/t59-,60+,61-,66+,67-,68-,69+,70-,71+,72+,73-,74+,75+/m0/s1. The second-order valence-electron chi connectivity index (χ2n) is 31.5. The second-order valence-corrected chi connectivity index (χ2v) is 42.3. The van der Waals surface area contributed by atoms with Gasteiger partial charge in [-0.15, -0.1) is 23.5 Å². The van der Waals surface area contributed by atoms with Crippen LogP contribution >= 0.6 is 23.5 Å². The summed E-state index contributed by atoms with van der Waals surface area (Å²) in [6, 6.07) is 62.0. The molecular formula is C83H108N2O4S2Si2. The lowest BCUT2D eigenvalue weighted by Crippen LogP contribution is -2.68. The van der Waals surface area contributed by atoms with Gasteiger partial charge < -0.3 is 18.7 Å². The molecule has 0 unspecified atom stereocenters. The van der Waals surface area contributed by atoms with Crippen molar-refractivity contribution in [3.63, 3.8) is 0 Å². The van der Waals surface area contributed by atoms with Gasteiger partial charge in [-0.25, -0.2) is 0 Å². The highest BCUT2D eigenvalue weighted by Crippen LogP contribution is 2.56. The molecule has 6 aromatic rings. The van der Waals surface area contributed by atoms with Gasteiger partial charge in [0, 0.05) is 53.7 Å². The number of hydrogen-bond donors (Lipinski definition) is 0. The molecule has 2 saturated carbocycles. The van der Waals surface area contributed by atoms with Crippen LogP contribution in [0.15, 0.2) is 203 Å². The van der Waals surface area contributed by atoms with Crippen LogP contribution in [-0.2, 0) is 18.4 Å². The van der Waals surface area contributed by atoms with Crippen molar-refractivity contribution in [1.29, 1.82) is 0 Å². The van der Waals surface area contributed by atoms with E-state index in [1.807, 2.05) is 35.5 Å². The Morgan fingerprint density at radius 3 is 1.29 bits per heavy atom. The summed E-state index contributed by atoms with van der Waals surface area (Å²) in [4.78, 5) is 38.8. The molecule has 1 aliphatic heterocycles. The molecule has 0 aromatic heterocycles. The second kappa shape index (κ2) is 28.9. The van der Waals surface area contributed by atoms with Crippen LogP contribution < -0.4 is 30.5 Å². The molecule has 93 heavy (non-hydrogen) atoms. The molecule has 0 spiro atoms. The Balaban J connectivity index is 1.03. The van der Waals surface area contributed by atoms with Crippen LogP contribution in [0.5, 0.6) is 0 Å². The van der Waals surface area contributed by atoms with E-state index in [2.05, 4.69) is 284 Å². The van der Waals surface area contributed by atoms with Crippen molar-refractivity contribution < 1.29 is 18.4 Å². The van der Waals surface area contributed by atoms with E-state index in [9.17, 15) is 0 Å². The average molecular weight is 1320 g/mol. The number of para-hydroxylation sites is 2. The highest BCUT2D eigenvalue weighted by molar-refractivity contribution is 7.99. The zero-order valence-corrected chi connectivity index (χ0v) is 62.3. The van der Waals surface area contributed by atoms with Crippen molar-refractivity contribution in [2.75, 3.05) is 35.4 Å². The SMILES string of the molecule is CC1=C[C@@H]2[C@H]3C[C@@H](O[Si](c4ccccc4)(c4ccccc4)C(C)(C)C)C[C@@H]2[C@@H](C1)[C@@H](C(C)C)CSc1ccccc1N(C)C(=O)[C@@H]1C[C@@H](O[Si](c2ccccc2)(c2ccccc2)C(C)(C)C)C[C@H]2[C@@H]1C=C(C)C[C@H]2[C@@H](C(C)C)CCSc1ccccc1N(C)C(=O)[C@H]3C. The van der Waals surface area contributed by atoms with E-state index in [1.54, 1.807) is 0 Å². The number of amides is 2. The zero-order chi connectivity index (χ0) is 66.1. The first-order valence-corrected chi connectivity index (χ1v) is 41.1. The molecule has 13 atom stereocenters. The first-order valence-electron chi connectivity index (χ1n) is 35.3. The maximum atomic E-state index is 16.4. The summed E-state index contributed by atoms with van der Waals surface area (Å²) in [5.74, 6) is 4.79. The quantitative estimate of drug-likeness (QED) is 0.101. The molecule has 1 heterocycles. The van der Waals surface area contributed by atoms with E-state index in [4.69, 9.17) is 8.85 Å². The highest BCUT2D eigenvalue weighted by atomic mass is 32.2. The van der Waals surface area contributed by atoms with Crippen molar-refractivity contribution in [2.45, 2.75) is 167 Å². The zero-order valence-electron chi connectivity index (χ0n) is 58.7. The van der Waals surface area contributed by atoms with Gasteiger partial charge in [0.25, 0.3) is 16.6 Å². The number of benzene rings is 6. The van der Waals surface area contributed by atoms with Crippen LogP contribution in [0.25, 0.3) is 0 Å². The van der Waals surface area contributed by atoms with Crippen molar-refractivity contribution in [3.05, 3.63) is 193 Å². The maximum Gasteiger partial charge on any atom is 0.261 e. The number of hydrogen-bond acceptors (Lipinski definition) is 6. The molecule has 8 bridgehead atoms. The predicted octanol–water partition coefficient (Wildman–Crippen LogP) is 18.2.